The van der Waals surface area contributed by atoms with Crippen molar-refractivity contribution in [3.05, 3.63) is 35.9 Å². The minimum absolute atomic E-state index is 0.108. The Bertz CT molecular complexity index is 612. The van der Waals surface area contributed by atoms with Crippen LogP contribution in [0.15, 0.2) is 30.3 Å². The van der Waals surface area contributed by atoms with E-state index < -0.39 is 5.60 Å². The van der Waals surface area contributed by atoms with Gasteiger partial charge in [-0.15, -0.1) is 0 Å². The summed E-state index contributed by atoms with van der Waals surface area (Å²) in [4.78, 5) is 28.0. The molecule has 6 heteroatoms. The monoisotopic (exact) mass is 345 g/mol. The zero-order chi connectivity index (χ0) is 17.9. The van der Waals surface area contributed by atoms with Crippen LogP contribution in [0.1, 0.15) is 31.2 Å². The second kappa shape index (κ2) is 7.44. The van der Waals surface area contributed by atoms with Crippen LogP contribution in [0.4, 0.5) is 4.79 Å². The zero-order valence-electron chi connectivity index (χ0n) is 15.0. The summed E-state index contributed by atoms with van der Waals surface area (Å²) in [5.41, 5.74) is 0.799. The van der Waals surface area contributed by atoms with Crippen LogP contribution >= 0.6 is 0 Å². The van der Waals surface area contributed by atoms with Crippen molar-refractivity contribution in [1.82, 2.24) is 15.1 Å². The SMILES string of the molecule is CNCC(=O)N1CCC2(CC1)CN(CC(C)c1ccccc1)C(=O)O2. The molecule has 1 atom stereocenters. The Kier molecular flexibility index (Phi) is 5.27. The van der Waals surface area contributed by atoms with E-state index in [1.54, 1.807) is 7.05 Å². The summed E-state index contributed by atoms with van der Waals surface area (Å²) in [6.07, 6.45) is 1.20. The van der Waals surface area contributed by atoms with Crippen molar-refractivity contribution in [3.63, 3.8) is 0 Å². The molecule has 1 unspecified atom stereocenters. The molecule has 0 aliphatic carbocycles. The highest BCUT2D eigenvalue weighted by Crippen LogP contribution is 2.34. The predicted molar refractivity (Wildman–Crippen MR) is 95.4 cm³/mol. The van der Waals surface area contributed by atoms with E-state index in [4.69, 9.17) is 4.74 Å². The number of nitrogens with one attached hydrogen (secondary N) is 1. The van der Waals surface area contributed by atoms with Crippen LogP contribution in [0, 0.1) is 0 Å². The zero-order valence-corrected chi connectivity index (χ0v) is 15.0. The maximum Gasteiger partial charge on any atom is 0.410 e. The van der Waals surface area contributed by atoms with Crippen molar-refractivity contribution >= 4 is 12.0 Å². The normalized spacial score (nSPS) is 20.6. The molecule has 6 nitrogen and oxygen atoms in total. The molecule has 1 N–H and O–H groups in total. The minimum Gasteiger partial charge on any atom is -0.441 e. The summed E-state index contributed by atoms with van der Waals surface area (Å²) in [7, 11) is 1.77. The third kappa shape index (κ3) is 3.95. The van der Waals surface area contributed by atoms with Gasteiger partial charge in [0.2, 0.25) is 5.91 Å². The molecule has 136 valence electrons. The van der Waals surface area contributed by atoms with Gasteiger partial charge >= 0.3 is 6.09 Å². The number of likely N-dealkylation sites (tertiary alicyclic amines) is 1. The average Bonchev–Trinajstić information content (AvgIpc) is 2.91. The van der Waals surface area contributed by atoms with Crippen LogP contribution in [0.3, 0.4) is 0 Å². The topological polar surface area (TPSA) is 61.9 Å². The number of hydrogen-bond donors (Lipinski definition) is 1. The van der Waals surface area contributed by atoms with Gasteiger partial charge in [-0.3, -0.25) is 4.79 Å². The first kappa shape index (κ1) is 17.7. The van der Waals surface area contributed by atoms with Gasteiger partial charge in [0.05, 0.1) is 13.1 Å². The third-order valence-electron chi connectivity index (χ3n) is 5.26. The van der Waals surface area contributed by atoms with Gasteiger partial charge in [-0.05, 0) is 18.5 Å². The van der Waals surface area contributed by atoms with E-state index >= 15 is 0 Å². The van der Waals surface area contributed by atoms with Gasteiger partial charge in [-0.2, -0.15) is 0 Å². The smallest absolute Gasteiger partial charge is 0.410 e. The highest BCUT2D eigenvalue weighted by molar-refractivity contribution is 5.78. The molecule has 0 bridgehead atoms. The van der Waals surface area contributed by atoms with E-state index in [1.807, 2.05) is 28.0 Å². The number of nitrogens with zero attached hydrogens (tertiary/aromatic N) is 2. The quantitative estimate of drug-likeness (QED) is 0.884. The molecule has 2 fully saturated rings. The number of hydrogen-bond acceptors (Lipinski definition) is 4. The highest BCUT2D eigenvalue weighted by atomic mass is 16.6. The van der Waals surface area contributed by atoms with Gasteiger partial charge < -0.3 is 19.9 Å². The molecule has 1 aromatic rings. The summed E-state index contributed by atoms with van der Waals surface area (Å²) in [6, 6.07) is 10.2. The van der Waals surface area contributed by atoms with Gasteiger partial charge in [-0.25, -0.2) is 4.79 Å². The van der Waals surface area contributed by atoms with Crippen LogP contribution in [-0.2, 0) is 9.53 Å². The number of rotatable bonds is 5. The van der Waals surface area contributed by atoms with E-state index in [9.17, 15) is 9.59 Å². The summed E-state index contributed by atoms with van der Waals surface area (Å²) in [5, 5.41) is 2.89. The number of amides is 2. The second-order valence-electron chi connectivity index (χ2n) is 7.15. The first-order valence-electron chi connectivity index (χ1n) is 8.98. The van der Waals surface area contributed by atoms with E-state index in [0.717, 1.165) is 0 Å². The molecule has 25 heavy (non-hydrogen) atoms. The molecular formula is C19H27N3O3. The Morgan fingerprint density at radius 1 is 1.28 bits per heavy atom. The summed E-state index contributed by atoms with van der Waals surface area (Å²) in [5.74, 6) is 0.373. The van der Waals surface area contributed by atoms with Crippen LogP contribution in [-0.4, -0.2) is 67.2 Å². The van der Waals surface area contributed by atoms with Crippen LogP contribution in [0.2, 0.25) is 0 Å². The largest absolute Gasteiger partial charge is 0.441 e. The average molecular weight is 345 g/mol. The third-order valence-corrected chi connectivity index (χ3v) is 5.26. The van der Waals surface area contributed by atoms with Crippen molar-refractivity contribution in [3.8, 4) is 0 Å². The highest BCUT2D eigenvalue weighted by Gasteiger charge is 2.47. The van der Waals surface area contributed by atoms with Gasteiger partial charge in [-0.1, -0.05) is 37.3 Å². The standard InChI is InChI=1S/C19H27N3O3/c1-15(16-6-4-3-5-7-16)13-22-14-19(25-18(22)24)8-10-21(11-9-19)17(23)12-20-2/h3-7,15,20H,8-14H2,1-2H3. The molecular weight excluding hydrogens is 318 g/mol. The number of likely N-dealkylation sites (N-methyl/N-ethyl adjacent to an activating group) is 1. The van der Waals surface area contributed by atoms with Crippen molar-refractivity contribution in [1.29, 1.82) is 0 Å². The lowest BCUT2D eigenvalue weighted by Crippen LogP contribution is -2.50. The molecule has 2 aliphatic rings. The first-order valence-corrected chi connectivity index (χ1v) is 8.98. The predicted octanol–water partition coefficient (Wildman–Crippen LogP) is 1.82. The fourth-order valence-corrected chi connectivity index (χ4v) is 3.74. The minimum atomic E-state index is -0.427. The van der Waals surface area contributed by atoms with E-state index in [1.165, 1.54) is 5.56 Å². The maximum atomic E-state index is 12.3. The lowest BCUT2D eigenvalue weighted by atomic mass is 9.91. The van der Waals surface area contributed by atoms with Gasteiger partial charge in [0.1, 0.15) is 5.60 Å². The van der Waals surface area contributed by atoms with Crippen molar-refractivity contribution in [2.45, 2.75) is 31.3 Å². The molecule has 2 saturated heterocycles. The van der Waals surface area contributed by atoms with Crippen molar-refractivity contribution in [2.75, 3.05) is 39.8 Å². The fraction of sp³-hybridized carbons (Fsp3) is 0.579. The summed E-state index contributed by atoms with van der Waals surface area (Å²) >= 11 is 0. The molecule has 1 spiro atoms. The van der Waals surface area contributed by atoms with Gasteiger partial charge in [0.15, 0.2) is 0 Å². The summed E-state index contributed by atoms with van der Waals surface area (Å²) < 4.78 is 5.76. The maximum absolute atomic E-state index is 12.3. The molecule has 1 aromatic carbocycles. The van der Waals surface area contributed by atoms with E-state index in [0.29, 0.717) is 45.6 Å². The molecule has 0 aromatic heterocycles. The Morgan fingerprint density at radius 2 is 1.96 bits per heavy atom. The number of benzene rings is 1. The Labute approximate surface area is 149 Å². The van der Waals surface area contributed by atoms with E-state index in [-0.39, 0.29) is 17.9 Å². The van der Waals surface area contributed by atoms with Crippen molar-refractivity contribution in [2.24, 2.45) is 0 Å². The summed E-state index contributed by atoms with van der Waals surface area (Å²) in [6.45, 7) is 5.07. The van der Waals surface area contributed by atoms with Crippen LogP contribution < -0.4 is 5.32 Å². The van der Waals surface area contributed by atoms with Gasteiger partial charge in [0.25, 0.3) is 0 Å². The molecule has 0 radical (unpaired) electrons. The van der Waals surface area contributed by atoms with Crippen molar-refractivity contribution < 1.29 is 14.3 Å². The van der Waals surface area contributed by atoms with Crippen LogP contribution in [0.5, 0.6) is 0 Å². The molecule has 3 rings (SSSR count). The Morgan fingerprint density at radius 3 is 2.60 bits per heavy atom. The van der Waals surface area contributed by atoms with Crippen LogP contribution in [0.25, 0.3) is 0 Å². The molecule has 2 aliphatic heterocycles. The molecule has 2 amide bonds. The lowest BCUT2D eigenvalue weighted by Gasteiger charge is -2.37. The van der Waals surface area contributed by atoms with Gasteiger partial charge in [0, 0.05) is 32.5 Å². The fourth-order valence-electron chi connectivity index (χ4n) is 3.74. The Balaban J connectivity index is 1.57. The number of ether oxygens (including phenoxy) is 1. The first-order chi connectivity index (χ1) is 12.0. The second-order valence-corrected chi connectivity index (χ2v) is 7.15. The molecule has 2 heterocycles. The number of carbonyl (C=O) groups excluding carboxylic acids is 2. The number of carbonyl (C=O) groups is 2. The number of piperidine rings is 1. The lowest BCUT2D eigenvalue weighted by molar-refractivity contribution is -0.133. The molecule has 0 saturated carbocycles. The Hall–Kier alpha value is -2.08. The van der Waals surface area contributed by atoms with E-state index in [2.05, 4.69) is 24.4 Å².